The van der Waals surface area contributed by atoms with Crippen LogP contribution in [0.3, 0.4) is 0 Å². The largest absolute Gasteiger partial charge is 0.0746 e. The third-order valence-electron chi connectivity index (χ3n) is 3.52. The van der Waals surface area contributed by atoms with Gasteiger partial charge in [0.05, 0.1) is 0 Å². The minimum atomic E-state index is 0. The van der Waals surface area contributed by atoms with Gasteiger partial charge in [-0.05, 0) is 35.3 Å². The highest BCUT2D eigenvalue weighted by Gasteiger charge is 2.22. The van der Waals surface area contributed by atoms with Crippen LogP contribution in [0, 0.1) is 0 Å². The molecule has 98 valence electrons. The molecule has 4 heteroatoms. The zero-order chi connectivity index (χ0) is 12.2. The molecule has 0 N–H and O–H groups in total. The van der Waals surface area contributed by atoms with Crippen LogP contribution in [0.4, 0.5) is 0 Å². The Balaban J connectivity index is 0.000001000. The minimum Gasteiger partial charge on any atom is -0.0746 e. The standard InChI is InChI=1S/C16H18P2.2B/c1-3-7-15(8-4-1)17-11-13-18(14-12-17)16-9-5-2-6-10-16;;/h1-10H,11-14H2;;. The van der Waals surface area contributed by atoms with E-state index in [4.69, 9.17) is 0 Å². The molecule has 20 heavy (non-hydrogen) atoms. The third-order valence-corrected chi connectivity index (χ3v) is 9.34. The van der Waals surface area contributed by atoms with Gasteiger partial charge in [0.2, 0.25) is 0 Å². The number of hydrogen-bond donors (Lipinski definition) is 0. The molecule has 0 spiro atoms. The van der Waals surface area contributed by atoms with Crippen LogP contribution in [0.15, 0.2) is 60.7 Å². The molecule has 0 atom stereocenters. The second-order valence-corrected chi connectivity index (χ2v) is 9.63. The monoisotopic (exact) mass is 294 g/mol. The fourth-order valence-electron chi connectivity index (χ4n) is 2.50. The van der Waals surface area contributed by atoms with Crippen molar-refractivity contribution in [2.45, 2.75) is 0 Å². The summed E-state index contributed by atoms with van der Waals surface area (Å²) in [4.78, 5) is 0. The molecule has 0 saturated carbocycles. The zero-order valence-electron chi connectivity index (χ0n) is 11.7. The van der Waals surface area contributed by atoms with Crippen LogP contribution in [0.1, 0.15) is 0 Å². The summed E-state index contributed by atoms with van der Waals surface area (Å²) in [7, 11) is 0.265. The summed E-state index contributed by atoms with van der Waals surface area (Å²) in [6, 6.07) is 22.3. The molecule has 3 rings (SSSR count). The molecule has 1 heterocycles. The predicted octanol–water partition coefficient (Wildman–Crippen LogP) is 2.85. The predicted molar refractivity (Wildman–Crippen MR) is 97.0 cm³/mol. The lowest BCUT2D eigenvalue weighted by atomic mass is 10.4. The van der Waals surface area contributed by atoms with Gasteiger partial charge in [0, 0.05) is 16.8 Å². The van der Waals surface area contributed by atoms with E-state index in [1.54, 1.807) is 10.6 Å². The molecule has 2 aromatic rings. The minimum absolute atomic E-state index is 0. The first-order chi connectivity index (χ1) is 8.93. The molecule has 1 aliphatic heterocycles. The first kappa shape index (κ1) is 17.5. The lowest BCUT2D eigenvalue weighted by Gasteiger charge is -2.29. The fourth-order valence-corrected chi connectivity index (χ4v) is 9.03. The number of rotatable bonds is 2. The van der Waals surface area contributed by atoms with Crippen LogP contribution in [0.5, 0.6) is 0 Å². The Morgan fingerprint density at radius 1 is 0.500 bits per heavy atom. The van der Waals surface area contributed by atoms with Crippen molar-refractivity contribution in [3.05, 3.63) is 60.7 Å². The topological polar surface area (TPSA) is 0 Å². The van der Waals surface area contributed by atoms with Crippen molar-refractivity contribution in [3.63, 3.8) is 0 Å². The summed E-state index contributed by atoms with van der Waals surface area (Å²) in [5.74, 6) is 0. The van der Waals surface area contributed by atoms with Crippen LogP contribution in [0.2, 0.25) is 0 Å². The van der Waals surface area contributed by atoms with Crippen molar-refractivity contribution in [1.82, 2.24) is 0 Å². The van der Waals surface area contributed by atoms with E-state index in [0.29, 0.717) is 0 Å². The summed E-state index contributed by atoms with van der Waals surface area (Å²) in [6.07, 6.45) is 5.72. The smallest absolute Gasteiger partial charge is 0 e. The maximum absolute atomic E-state index is 2.32. The number of benzene rings is 2. The van der Waals surface area contributed by atoms with Crippen molar-refractivity contribution < 1.29 is 0 Å². The third kappa shape index (κ3) is 4.21. The van der Waals surface area contributed by atoms with E-state index in [9.17, 15) is 0 Å². The first-order valence-corrected chi connectivity index (χ1v) is 9.96. The van der Waals surface area contributed by atoms with Gasteiger partial charge in [0.15, 0.2) is 0 Å². The van der Waals surface area contributed by atoms with Crippen molar-refractivity contribution in [2.75, 3.05) is 24.6 Å². The van der Waals surface area contributed by atoms with Crippen LogP contribution in [0.25, 0.3) is 0 Å². The molecular formula is C16H18B2P2. The van der Waals surface area contributed by atoms with E-state index in [1.807, 2.05) is 0 Å². The Kier molecular flexibility index (Phi) is 7.57. The Morgan fingerprint density at radius 3 is 1.10 bits per heavy atom. The van der Waals surface area contributed by atoms with Gasteiger partial charge >= 0.3 is 0 Å². The second kappa shape index (κ2) is 8.66. The Hall–Kier alpha value is -0.570. The average Bonchev–Trinajstić information content (AvgIpc) is 2.49. The summed E-state index contributed by atoms with van der Waals surface area (Å²) in [6.45, 7) is 0. The van der Waals surface area contributed by atoms with E-state index in [2.05, 4.69) is 60.7 Å². The van der Waals surface area contributed by atoms with Crippen LogP contribution < -0.4 is 10.6 Å². The van der Waals surface area contributed by atoms with Crippen molar-refractivity contribution in [1.29, 1.82) is 0 Å². The normalized spacial score (nSPS) is 21.4. The maximum Gasteiger partial charge on any atom is 0 e. The molecule has 1 fully saturated rings. The van der Waals surface area contributed by atoms with Crippen molar-refractivity contribution in [3.8, 4) is 0 Å². The Bertz CT molecular complexity index is 435. The summed E-state index contributed by atoms with van der Waals surface area (Å²) >= 11 is 0. The Morgan fingerprint density at radius 2 is 0.800 bits per heavy atom. The number of hydrogen-bond acceptors (Lipinski definition) is 0. The highest BCUT2D eigenvalue weighted by Crippen LogP contribution is 2.49. The molecule has 0 aliphatic carbocycles. The van der Waals surface area contributed by atoms with Gasteiger partial charge in [-0.15, -0.1) is 0 Å². The summed E-state index contributed by atoms with van der Waals surface area (Å²) < 4.78 is 0. The van der Waals surface area contributed by atoms with E-state index < -0.39 is 0 Å². The van der Waals surface area contributed by atoms with Crippen LogP contribution in [-0.2, 0) is 0 Å². The van der Waals surface area contributed by atoms with Gasteiger partial charge in [0.1, 0.15) is 0 Å². The zero-order valence-corrected chi connectivity index (χ0v) is 13.4. The lowest BCUT2D eigenvalue weighted by molar-refractivity contribution is 1.35. The van der Waals surface area contributed by atoms with Crippen LogP contribution in [-0.4, -0.2) is 41.5 Å². The lowest BCUT2D eigenvalue weighted by Crippen LogP contribution is -2.19. The maximum atomic E-state index is 2.32. The highest BCUT2D eigenvalue weighted by atomic mass is 31.1. The molecule has 0 bridgehead atoms. The average molecular weight is 294 g/mol. The Labute approximate surface area is 129 Å². The summed E-state index contributed by atoms with van der Waals surface area (Å²) in [5.41, 5.74) is 0. The highest BCUT2D eigenvalue weighted by molar-refractivity contribution is 7.73. The summed E-state index contributed by atoms with van der Waals surface area (Å²) in [5, 5.41) is 3.21. The first-order valence-electron chi connectivity index (χ1n) is 6.53. The molecule has 0 aromatic heterocycles. The SMILES string of the molecule is [B].[B].c1ccc(P2CCP(c3ccccc3)CC2)cc1. The van der Waals surface area contributed by atoms with E-state index >= 15 is 0 Å². The quantitative estimate of drug-likeness (QED) is 0.590. The molecule has 0 amide bonds. The van der Waals surface area contributed by atoms with Gasteiger partial charge < -0.3 is 0 Å². The molecule has 1 aliphatic rings. The van der Waals surface area contributed by atoms with Gasteiger partial charge in [-0.1, -0.05) is 76.5 Å². The van der Waals surface area contributed by atoms with Crippen LogP contribution >= 0.6 is 15.8 Å². The second-order valence-electron chi connectivity index (χ2n) is 4.65. The molecule has 2 aromatic carbocycles. The van der Waals surface area contributed by atoms with E-state index in [0.717, 1.165) is 0 Å². The van der Waals surface area contributed by atoms with Gasteiger partial charge in [-0.25, -0.2) is 0 Å². The van der Waals surface area contributed by atoms with Gasteiger partial charge in [0.25, 0.3) is 0 Å². The van der Waals surface area contributed by atoms with E-state index in [-0.39, 0.29) is 32.7 Å². The molecule has 1 saturated heterocycles. The van der Waals surface area contributed by atoms with Gasteiger partial charge in [-0.3, -0.25) is 0 Å². The molecule has 0 nitrogen and oxygen atoms in total. The molecular weight excluding hydrogens is 276 g/mol. The molecule has 0 unspecified atom stereocenters. The van der Waals surface area contributed by atoms with Crippen molar-refractivity contribution >= 4 is 43.3 Å². The van der Waals surface area contributed by atoms with E-state index in [1.165, 1.54) is 24.6 Å². The fraction of sp³-hybridized carbons (Fsp3) is 0.250. The molecule has 6 radical (unpaired) electrons. The van der Waals surface area contributed by atoms with Gasteiger partial charge in [-0.2, -0.15) is 0 Å². The van der Waals surface area contributed by atoms with Crippen molar-refractivity contribution in [2.24, 2.45) is 0 Å².